The first-order valence-electron chi connectivity index (χ1n) is 40.8. The van der Waals surface area contributed by atoms with E-state index in [1.807, 2.05) is 13.8 Å². The first-order valence-corrected chi connectivity index (χ1v) is 40.8. The average molecular weight is 1750 g/mol. The van der Waals surface area contributed by atoms with Gasteiger partial charge in [0.25, 0.3) is 0 Å². The van der Waals surface area contributed by atoms with Gasteiger partial charge >= 0.3 is 0 Å². The molecule has 6 saturated heterocycles. The van der Waals surface area contributed by atoms with Crippen LogP contribution in [0.25, 0.3) is 0 Å². The number of aliphatic hydroxyl groups excluding tert-OH is 24. The monoisotopic (exact) mass is 1750 g/mol. The third-order valence-electron chi connectivity index (χ3n) is 24.3. The number of aliphatic hydroxyl groups is 24. The molecule has 0 aromatic rings. The highest BCUT2D eigenvalue weighted by molar-refractivity contribution is 5.83. The summed E-state index contributed by atoms with van der Waals surface area (Å²) >= 11 is 0. The smallest absolute Gasteiger partial charge is 0.187 e. The molecule has 50 atom stereocenters. The van der Waals surface area contributed by atoms with Gasteiger partial charge < -0.3 is 237 Å². The van der Waals surface area contributed by atoms with Gasteiger partial charge in [0.05, 0.1) is 75.0 Å². The lowest BCUT2D eigenvalue weighted by Gasteiger charge is -2.47. The summed E-state index contributed by atoms with van der Waals surface area (Å²) in [6, 6.07) is -7.56. The summed E-state index contributed by atoms with van der Waals surface area (Å²) in [6.45, 7) is 4.69. The van der Waals surface area contributed by atoms with Crippen molar-refractivity contribution < 1.29 is 189 Å². The predicted molar refractivity (Wildman–Crippen MR) is 404 cm³/mol. The Balaban J connectivity index is 0.000000224. The van der Waals surface area contributed by atoms with E-state index < -0.39 is 331 Å². The zero-order valence-electron chi connectivity index (χ0n) is 67.4. The zero-order valence-corrected chi connectivity index (χ0v) is 67.4. The highest BCUT2D eigenvalue weighted by atomic mass is 16.8. The number of hydrogen-bond donors (Lipinski definition) is 34. The molecule has 10 fully saturated rings. The van der Waals surface area contributed by atoms with Crippen molar-refractivity contribution in [2.45, 2.75) is 373 Å². The summed E-state index contributed by atoms with van der Waals surface area (Å²) in [5.74, 6) is -2.78. The lowest BCUT2D eigenvalue weighted by atomic mass is 9.76. The molecule has 10 rings (SSSR count). The van der Waals surface area contributed by atoms with Crippen LogP contribution < -0.4 is 57.3 Å². The van der Waals surface area contributed by atoms with Crippen LogP contribution in [0.1, 0.15) is 91.9 Å². The lowest BCUT2D eigenvalue weighted by Crippen LogP contribution is -2.66. The summed E-state index contributed by atoms with van der Waals surface area (Å²) in [7, 11) is 0. The summed E-state index contributed by atoms with van der Waals surface area (Å²) in [4.78, 5) is 24.7. The number of rotatable bonds is 28. The number of hydrogen-bond acceptors (Lipinski definition) is 48. The van der Waals surface area contributed by atoms with Gasteiger partial charge in [0, 0.05) is 50.1 Å². The Bertz CT molecular complexity index is 3010. The van der Waals surface area contributed by atoms with E-state index in [2.05, 4.69) is 0 Å². The van der Waals surface area contributed by atoms with Crippen LogP contribution in [0.3, 0.4) is 0 Å². The fourth-order valence-corrected chi connectivity index (χ4v) is 16.6. The highest BCUT2D eigenvalue weighted by Gasteiger charge is 2.57. The van der Waals surface area contributed by atoms with Gasteiger partial charge in [-0.3, -0.25) is 9.59 Å². The van der Waals surface area contributed by atoms with Crippen LogP contribution in [-0.4, -0.2) is 455 Å². The standard InChI is InChI=1S/C23H43N3O12.C18H35N3O10.C18H34N2O9.C13H26N2O7/c1-2-3-10(28)11(29)5-8-4-9(25)20(37-22-14(26)18(33)17(32)13(7-27)36-22)21(15(8)30)38-23-19(34)16(31)12(6-24)35-23;1-5-2-6(20)15(30-17-9(21)13(26)12(25)8(4-22)29-17)16(10(5)23)31-18-14(27)11(24)7(3-19)28-18;1-2-3-9(22)10(23)5-7-4-8(19)17(16(27)13(7)24)29-18-12(20)15(26)14(25)11(6-21)28-18;1-4-2-5(14)12(11(20)8(4)17)22-13-7(15)10(19)9(18)6(3-16)21-13/h8-10,12-23,27-28,30-34H,2-7,24-26H2,1H3;5-18,22-27H,2-4,19-21H2,1H3;7-9,11-18,21-22,24-27H,2-6,19-20H2,1H3;4-13,16-20H,2-3,14-15H2,1H3/t8-,9?,10-,12+,13?,14?,15?,16-,17+,18+,19?,20+,21+,22+,23-;5-,6?,7-,8?,9?,10?,11+,12-,13-,14?,15-,16-,17-,18+;7-,8?,9-,11?,12?,13?,14+,15+,16+,17+,18+;4-,5?,6?,7?,8?,9-,10-,11-,12-,13-/m0101/s1. The summed E-state index contributed by atoms with van der Waals surface area (Å²) < 4.78 is 67.5. The minimum Gasteiger partial charge on any atom is -0.394 e. The predicted octanol–water partition coefficient (Wildman–Crippen LogP) is -18.0. The lowest BCUT2D eigenvalue weighted by molar-refractivity contribution is -0.312. The summed E-state index contributed by atoms with van der Waals surface area (Å²) in [6.07, 6.45) is -45.1. The number of carbonyl (C=O) groups is 2. The van der Waals surface area contributed by atoms with Crippen LogP contribution >= 0.6 is 0 Å². The highest BCUT2D eigenvalue weighted by Crippen LogP contribution is 2.40. The van der Waals surface area contributed by atoms with Gasteiger partial charge in [-0.25, -0.2) is 0 Å². The fourth-order valence-electron chi connectivity index (χ4n) is 16.6. The summed E-state index contributed by atoms with van der Waals surface area (Å²) in [5.41, 5.74) is 59.4. The SMILES string of the molecule is CCC[C@H](O)C(=O)C[C@@H]1CC(N)[C@@H](O[C@H]2OC(CO)[C@@H](O)[C@H](O)C2N)[C@H](O)C1O.CCC[C@H](O)C(=O)C[C@@H]1CC(N)[C@@H](O[C@H]2OC(CO)[C@@H](O)[C@H](O)C2N)[C@H](O[C@@H]2O[C@H](CN)[C@H](O)C2O)C1O.C[C@@H]1CC(N)[C@@H](O[C@H]2OC(CO)[C@@H](O)[C@H](O)C2N)[C@H](O)C1O.C[C@@H]1CC(N)[C@@H](O[C@H]2OC(CO)[C@@H](O)[C@H](O)C2N)[C@H](O[C@@H]2O[C@H](CN)[C@H](O)C2O)C1O. The van der Waals surface area contributed by atoms with Gasteiger partial charge in [0.15, 0.2) is 49.3 Å². The second-order valence-electron chi connectivity index (χ2n) is 33.2. The molecule has 48 heteroatoms. The van der Waals surface area contributed by atoms with Crippen molar-refractivity contribution in [3.63, 3.8) is 0 Å². The maximum atomic E-state index is 12.6. The molecule has 0 spiro atoms. The molecule has 6 heterocycles. The average Bonchev–Trinajstić information content (AvgIpc) is 1.27. The Morgan fingerprint density at radius 1 is 0.308 bits per heavy atom. The van der Waals surface area contributed by atoms with Crippen LogP contribution in [0.4, 0.5) is 0 Å². The molecular formula is C72H138N10O38. The Labute approximate surface area is 692 Å². The van der Waals surface area contributed by atoms with Gasteiger partial charge in [-0.05, 0) is 62.2 Å². The van der Waals surface area contributed by atoms with Crippen molar-refractivity contribution in [3.05, 3.63) is 0 Å². The topological polar surface area (TPSA) is 891 Å². The minimum absolute atomic E-state index is 0.0469. The molecule has 120 heavy (non-hydrogen) atoms. The largest absolute Gasteiger partial charge is 0.394 e. The van der Waals surface area contributed by atoms with Crippen LogP contribution in [-0.2, 0) is 66.4 Å². The van der Waals surface area contributed by atoms with Gasteiger partial charge in [-0.15, -0.1) is 0 Å². The summed E-state index contributed by atoms with van der Waals surface area (Å²) in [5, 5.41) is 241. The molecule has 0 bridgehead atoms. The van der Waals surface area contributed by atoms with E-state index in [1.165, 1.54) is 0 Å². The Hall–Kier alpha value is -2.50. The van der Waals surface area contributed by atoms with Crippen molar-refractivity contribution in [3.8, 4) is 0 Å². The van der Waals surface area contributed by atoms with Crippen LogP contribution in [0.2, 0.25) is 0 Å². The molecule has 0 aromatic heterocycles. The molecule has 0 amide bonds. The molecule has 4 aliphatic carbocycles. The van der Waals surface area contributed by atoms with E-state index in [0.717, 1.165) is 0 Å². The molecular weight excluding hydrogens is 1610 g/mol. The van der Waals surface area contributed by atoms with Crippen molar-refractivity contribution in [2.75, 3.05) is 39.5 Å². The van der Waals surface area contributed by atoms with E-state index in [1.54, 1.807) is 13.8 Å². The van der Waals surface area contributed by atoms with Crippen LogP contribution in [0.5, 0.6) is 0 Å². The van der Waals surface area contributed by atoms with Crippen LogP contribution in [0.15, 0.2) is 0 Å². The van der Waals surface area contributed by atoms with Gasteiger partial charge in [-0.2, -0.15) is 0 Å². The molecule has 48 nitrogen and oxygen atoms in total. The number of nitrogens with two attached hydrogens (primary N) is 10. The molecule has 6 aliphatic heterocycles. The van der Waals surface area contributed by atoms with Crippen molar-refractivity contribution in [1.82, 2.24) is 0 Å². The molecule has 0 radical (unpaired) electrons. The molecule has 18 unspecified atom stereocenters. The fraction of sp³-hybridized carbons (Fsp3) is 0.972. The molecule has 10 aliphatic rings. The first-order chi connectivity index (χ1) is 56.4. The van der Waals surface area contributed by atoms with Crippen LogP contribution in [0, 0.1) is 23.7 Å². The third kappa shape index (κ3) is 24.7. The quantitative estimate of drug-likeness (QED) is 0.0346. The van der Waals surface area contributed by atoms with Crippen molar-refractivity contribution in [2.24, 2.45) is 81.0 Å². The molecule has 0 aromatic carbocycles. The van der Waals surface area contributed by atoms with Gasteiger partial charge in [0.2, 0.25) is 0 Å². The zero-order chi connectivity index (χ0) is 89.8. The maximum Gasteiger partial charge on any atom is 0.187 e. The van der Waals surface area contributed by atoms with E-state index in [0.29, 0.717) is 32.1 Å². The second kappa shape index (κ2) is 47.2. The third-order valence-corrected chi connectivity index (χ3v) is 24.3. The van der Waals surface area contributed by atoms with E-state index >= 15 is 0 Å². The molecule has 44 N–H and O–H groups in total. The Morgan fingerprint density at radius 3 is 0.867 bits per heavy atom. The van der Waals surface area contributed by atoms with E-state index in [9.17, 15) is 127 Å². The minimum atomic E-state index is -1.52. The molecule has 4 saturated carbocycles. The number of carbonyl (C=O) groups excluding carboxylic acids is 2. The van der Waals surface area contributed by atoms with E-state index in [4.69, 9.17) is 119 Å². The van der Waals surface area contributed by atoms with E-state index in [-0.39, 0.29) is 57.0 Å². The first kappa shape index (κ1) is 105. The number of ketones is 2. The maximum absolute atomic E-state index is 12.6. The van der Waals surface area contributed by atoms with Gasteiger partial charge in [-0.1, -0.05) is 40.5 Å². The number of ether oxygens (including phenoxy) is 12. The Kier molecular flexibility index (Phi) is 41.1. The Morgan fingerprint density at radius 2 is 0.558 bits per heavy atom. The van der Waals surface area contributed by atoms with Crippen molar-refractivity contribution >= 4 is 11.6 Å². The number of Topliss-reactive ketones (excluding diaryl/α,β-unsaturated/α-hetero) is 2. The second-order valence-corrected chi connectivity index (χ2v) is 33.2. The van der Waals surface area contributed by atoms with Crippen molar-refractivity contribution in [1.29, 1.82) is 0 Å². The normalized spacial score (nSPS) is 49.2. The molecule has 704 valence electrons. The van der Waals surface area contributed by atoms with Gasteiger partial charge in [0.1, 0.15) is 171 Å².